The molecule has 1 atom stereocenters. The molecule has 2 aromatic carbocycles. The number of hydrogen-bond acceptors (Lipinski definition) is 5. The Hall–Kier alpha value is -3.95. The molecule has 0 spiro atoms. The molecule has 1 fully saturated rings. The van der Waals surface area contributed by atoms with Gasteiger partial charge in [-0.25, -0.2) is 13.9 Å². The van der Waals surface area contributed by atoms with Gasteiger partial charge in [-0.15, -0.1) is 5.10 Å². The lowest BCUT2D eigenvalue weighted by Crippen LogP contribution is -2.36. The Morgan fingerprint density at radius 2 is 1.85 bits per heavy atom. The predicted molar refractivity (Wildman–Crippen MR) is 119 cm³/mol. The normalized spacial score (nSPS) is 15.7. The average molecular weight is 453 g/mol. The SMILES string of the molecule is COc1ccc(N2CC(C(=O)NCCn3nc(-c4ccc(F)cc4)n(C)c3=O)CC2=O)cc1. The molecule has 1 N–H and O–H groups in total. The minimum Gasteiger partial charge on any atom is -0.497 e. The van der Waals surface area contributed by atoms with Gasteiger partial charge in [-0.1, -0.05) is 0 Å². The van der Waals surface area contributed by atoms with Gasteiger partial charge in [0.25, 0.3) is 0 Å². The summed E-state index contributed by atoms with van der Waals surface area (Å²) in [6, 6.07) is 12.8. The summed E-state index contributed by atoms with van der Waals surface area (Å²) in [5.74, 6) is -0.126. The maximum Gasteiger partial charge on any atom is 0.345 e. The second-order valence-corrected chi connectivity index (χ2v) is 7.79. The molecular formula is C23H24FN5O4. The van der Waals surface area contributed by atoms with Crippen LogP contribution in [0.5, 0.6) is 5.75 Å². The number of anilines is 1. The number of halogens is 1. The Balaban J connectivity index is 1.35. The highest BCUT2D eigenvalue weighted by atomic mass is 19.1. The van der Waals surface area contributed by atoms with Crippen LogP contribution in [0.15, 0.2) is 53.3 Å². The number of benzene rings is 2. The number of carbonyl (C=O) groups is 2. The molecule has 9 nitrogen and oxygen atoms in total. The van der Waals surface area contributed by atoms with Crippen LogP contribution in [-0.2, 0) is 23.2 Å². The van der Waals surface area contributed by atoms with E-state index in [-0.39, 0.29) is 49.4 Å². The van der Waals surface area contributed by atoms with E-state index >= 15 is 0 Å². The molecule has 10 heteroatoms. The highest BCUT2D eigenvalue weighted by Crippen LogP contribution is 2.26. The van der Waals surface area contributed by atoms with Crippen molar-refractivity contribution in [3.8, 4) is 17.1 Å². The van der Waals surface area contributed by atoms with E-state index in [4.69, 9.17) is 4.74 Å². The first kappa shape index (κ1) is 22.3. The van der Waals surface area contributed by atoms with Gasteiger partial charge in [0, 0.05) is 37.8 Å². The third kappa shape index (κ3) is 4.64. The van der Waals surface area contributed by atoms with Crippen LogP contribution >= 0.6 is 0 Å². The summed E-state index contributed by atoms with van der Waals surface area (Å²) in [5.41, 5.74) is 0.983. The van der Waals surface area contributed by atoms with E-state index in [9.17, 15) is 18.8 Å². The Labute approximate surface area is 189 Å². The van der Waals surface area contributed by atoms with Crippen molar-refractivity contribution < 1.29 is 18.7 Å². The monoisotopic (exact) mass is 453 g/mol. The van der Waals surface area contributed by atoms with Crippen molar-refractivity contribution in [3.63, 3.8) is 0 Å². The van der Waals surface area contributed by atoms with Crippen LogP contribution < -0.4 is 20.6 Å². The summed E-state index contributed by atoms with van der Waals surface area (Å²) in [5, 5.41) is 7.09. The number of nitrogens with zero attached hydrogens (tertiary/aromatic N) is 4. The van der Waals surface area contributed by atoms with E-state index in [1.807, 2.05) is 0 Å². The molecule has 0 bridgehead atoms. The number of ether oxygens (including phenoxy) is 1. The van der Waals surface area contributed by atoms with Gasteiger partial charge < -0.3 is 15.0 Å². The van der Waals surface area contributed by atoms with Gasteiger partial charge in [0.15, 0.2) is 5.82 Å². The number of methoxy groups -OCH3 is 1. The van der Waals surface area contributed by atoms with E-state index in [0.29, 0.717) is 22.8 Å². The van der Waals surface area contributed by atoms with Crippen LogP contribution in [0.25, 0.3) is 11.4 Å². The van der Waals surface area contributed by atoms with Gasteiger partial charge in [-0.05, 0) is 48.5 Å². The van der Waals surface area contributed by atoms with Crippen molar-refractivity contribution in [3.05, 3.63) is 64.8 Å². The summed E-state index contributed by atoms with van der Waals surface area (Å²) in [7, 11) is 3.15. The van der Waals surface area contributed by atoms with E-state index in [1.54, 1.807) is 55.5 Å². The van der Waals surface area contributed by atoms with Crippen LogP contribution in [0.1, 0.15) is 6.42 Å². The van der Waals surface area contributed by atoms with Crippen LogP contribution in [0.2, 0.25) is 0 Å². The van der Waals surface area contributed by atoms with Crippen molar-refractivity contribution in [2.24, 2.45) is 13.0 Å². The highest BCUT2D eigenvalue weighted by molar-refractivity contribution is 6.00. The van der Waals surface area contributed by atoms with Crippen LogP contribution in [0.4, 0.5) is 10.1 Å². The van der Waals surface area contributed by atoms with Crippen molar-refractivity contribution in [1.29, 1.82) is 0 Å². The van der Waals surface area contributed by atoms with Gasteiger partial charge in [0.1, 0.15) is 11.6 Å². The lowest BCUT2D eigenvalue weighted by Gasteiger charge is -2.17. The van der Waals surface area contributed by atoms with E-state index in [2.05, 4.69) is 10.4 Å². The van der Waals surface area contributed by atoms with Crippen molar-refractivity contribution in [2.45, 2.75) is 13.0 Å². The maximum absolute atomic E-state index is 13.2. The van der Waals surface area contributed by atoms with E-state index < -0.39 is 5.92 Å². The first-order chi connectivity index (χ1) is 15.9. The fraction of sp³-hybridized carbons (Fsp3) is 0.304. The molecule has 1 aliphatic heterocycles. The summed E-state index contributed by atoms with van der Waals surface area (Å²) in [6.45, 7) is 0.642. The molecule has 0 saturated carbocycles. The molecule has 4 rings (SSSR count). The third-order valence-corrected chi connectivity index (χ3v) is 5.65. The number of hydrogen-bond donors (Lipinski definition) is 1. The number of carbonyl (C=O) groups excluding carboxylic acids is 2. The summed E-state index contributed by atoms with van der Waals surface area (Å²) >= 11 is 0. The van der Waals surface area contributed by atoms with Gasteiger partial charge in [-0.3, -0.25) is 14.2 Å². The molecule has 1 aromatic heterocycles. The fourth-order valence-corrected chi connectivity index (χ4v) is 3.81. The zero-order valence-corrected chi connectivity index (χ0v) is 18.3. The third-order valence-electron chi connectivity index (χ3n) is 5.65. The molecule has 0 aliphatic carbocycles. The van der Waals surface area contributed by atoms with Crippen molar-refractivity contribution in [1.82, 2.24) is 19.7 Å². The average Bonchev–Trinajstić information content (AvgIpc) is 3.35. The first-order valence-corrected chi connectivity index (χ1v) is 10.5. The topological polar surface area (TPSA) is 98.5 Å². The maximum atomic E-state index is 13.2. The summed E-state index contributed by atoms with van der Waals surface area (Å²) < 4.78 is 20.9. The lowest BCUT2D eigenvalue weighted by atomic mass is 10.1. The molecule has 2 amide bonds. The van der Waals surface area contributed by atoms with Crippen molar-refractivity contribution >= 4 is 17.5 Å². The molecule has 33 heavy (non-hydrogen) atoms. The second-order valence-electron chi connectivity index (χ2n) is 7.79. The second kappa shape index (κ2) is 9.27. The van der Waals surface area contributed by atoms with Gasteiger partial charge in [0.2, 0.25) is 11.8 Å². The van der Waals surface area contributed by atoms with Crippen LogP contribution in [-0.4, -0.2) is 46.4 Å². The quantitative estimate of drug-likeness (QED) is 0.586. The Morgan fingerprint density at radius 3 is 2.52 bits per heavy atom. The molecule has 1 aliphatic rings. The zero-order chi connectivity index (χ0) is 23.5. The van der Waals surface area contributed by atoms with Crippen LogP contribution in [0.3, 0.4) is 0 Å². The predicted octanol–water partition coefficient (Wildman–Crippen LogP) is 1.57. The number of amides is 2. The highest BCUT2D eigenvalue weighted by Gasteiger charge is 2.35. The Morgan fingerprint density at radius 1 is 1.15 bits per heavy atom. The zero-order valence-electron chi connectivity index (χ0n) is 18.3. The number of rotatable bonds is 7. The Kier molecular flexibility index (Phi) is 6.25. The molecule has 2 heterocycles. The molecular weight excluding hydrogens is 429 g/mol. The van der Waals surface area contributed by atoms with Crippen LogP contribution in [0, 0.1) is 11.7 Å². The lowest BCUT2D eigenvalue weighted by molar-refractivity contribution is -0.126. The molecule has 0 radical (unpaired) electrons. The molecule has 1 saturated heterocycles. The van der Waals surface area contributed by atoms with Crippen molar-refractivity contribution in [2.75, 3.05) is 25.1 Å². The number of aromatic nitrogens is 3. The van der Waals surface area contributed by atoms with Gasteiger partial charge >= 0.3 is 5.69 Å². The molecule has 1 unspecified atom stereocenters. The van der Waals surface area contributed by atoms with Gasteiger partial charge in [-0.2, -0.15) is 0 Å². The smallest absolute Gasteiger partial charge is 0.345 e. The molecule has 3 aromatic rings. The minimum atomic E-state index is -0.477. The van der Waals surface area contributed by atoms with Gasteiger partial charge in [0.05, 0.1) is 19.6 Å². The Bertz CT molecular complexity index is 1220. The summed E-state index contributed by atoms with van der Waals surface area (Å²) in [4.78, 5) is 39.1. The number of nitrogens with one attached hydrogen (secondary N) is 1. The first-order valence-electron chi connectivity index (χ1n) is 10.5. The standard InChI is InChI=1S/C23H24FN5O4/c1-27-21(15-3-5-17(24)6-4-15)26-29(23(27)32)12-11-25-22(31)16-13-20(30)28(14-16)18-7-9-19(33-2)10-8-18/h3-10,16H,11-14H2,1-2H3,(H,25,31). The van der Waals surface area contributed by atoms with E-state index in [0.717, 1.165) is 0 Å². The fourth-order valence-electron chi connectivity index (χ4n) is 3.81. The largest absolute Gasteiger partial charge is 0.497 e. The minimum absolute atomic E-state index is 0.120. The summed E-state index contributed by atoms with van der Waals surface area (Å²) in [6.07, 6.45) is 0.121. The molecule has 172 valence electrons. The van der Waals surface area contributed by atoms with E-state index in [1.165, 1.54) is 21.4 Å².